The summed E-state index contributed by atoms with van der Waals surface area (Å²) in [6.07, 6.45) is 0. The fourth-order valence-electron chi connectivity index (χ4n) is 6.00. The van der Waals surface area contributed by atoms with Crippen LogP contribution in [0.3, 0.4) is 0 Å². The van der Waals surface area contributed by atoms with E-state index in [1.165, 1.54) is 0 Å². The van der Waals surface area contributed by atoms with Gasteiger partial charge in [0.1, 0.15) is 17.1 Å². The van der Waals surface area contributed by atoms with E-state index >= 15 is 0 Å². The number of carbonyl (C=O) groups excluding carboxylic acids is 1. The lowest BCUT2D eigenvalue weighted by Crippen LogP contribution is -2.67. The van der Waals surface area contributed by atoms with Crippen LogP contribution in [0.4, 0.5) is 5.69 Å². The molecule has 0 spiro atoms. The minimum Gasteiger partial charge on any atom is -0.481 e. The second kappa shape index (κ2) is 9.89. The van der Waals surface area contributed by atoms with E-state index in [-0.39, 0.29) is 26.4 Å². The lowest BCUT2D eigenvalue weighted by atomic mass is 9.49. The maximum absolute atomic E-state index is 14.1. The van der Waals surface area contributed by atoms with Gasteiger partial charge in [-0.05, 0) is 46.5 Å². The zero-order valence-electron chi connectivity index (χ0n) is 19.8. The summed E-state index contributed by atoms with van der Waals surface area (Å²) in [7, 11) is 0. The molecule has 3 aromatic rings. The Balaban J connectivity index is 1.81. The van der Waals surface area contributed by atoms with Gasteiger partial charge in [0.05, 0.1) is 32.3 Å². The highest BCUT2D eigenvalue weighted by Gasteiger charge is 2.71. The van der Waals surface area contributed by atoms with Crippen LogP contribution in [0.1, 0.15) is 22.3 Å². The number of fused-ring (bicyclic) bond motifs is 1. The molecule has 3 aromatic carbocycles. The summed E-state index contributed by atoms with van der Waals surface area (Å²) in [5.41, 5.74) is -0.425. The maximum atomic E-state index is 14.1. The van der Waals surface area contributed by atoms with Gasteiger partial charge >= 0.3 is 5.97 Å². The molecule has 2 bridgehead atoms. The number of benzene rings is 3. The van der Waals surface area contributed by atoms with Crippen molar-refractivity contribution < 1.29 is 34.4 Å². The minimum atomic E-state index is -1.58. The van der Waals surface area contributed by atoms with Gasteiger partial charge in [-0.1, -0.05) is 60.1 Å². The third-order valence-electron chi connectivity index (χ3n) is 7.17. The third-order valence-corrected chi connectivity index (χ3v) is 7.42. The van der Waals surface area contributed by atoms with Crippen LogP contribution in [-0.2, 0) is 30.3 Å². The van der Waals surface area contributed by atoms with E-state index < -0.39 is 34.9 Å². The number of carbonyl (C=O) groups is 2. The topological polar surface area (TPSA) is 125 Å². The summed E-state index contributed by atoms with van der Waals surface area (Å²) in [6, 6.07) is 20.7. The Hall–Kier alpha value is -3.27. The summed E-state index contributed by atoms with van der Waals surface area (Å²) in [5.74, 6) is -4.56. The van der Waals surface area contributed by atoms with Crippen LogP contribution in [0.5, 0.6) is 0 Å². The van der Waals surface area contributed by atoms with E-state index in [2.05, 4.69) is 5.32 Å². The fraction of sp³-hybridized carbons (Fsp3) is 0.286. The number of carboxylic acid groups (broad SMARTS) is 1. The first kappa shape index (κ1) is 25.4. The molecule has 0 saturated heterocycles. The predicted molar refractivity (Wildman–Crippen MR) is 135 cm³/mol. The molecule has 0 radical (unpaired) electrons. The molecule has 0 saturated carbocycles. The summed E-state index contributed by atoms with van der Waals surface area (Å²) in [5, 5.41) is 33.4. The molecule has 0 heterocycles. The molecule has 3 aliphatic rings. The van der Waals surface area contributed by atoms with Crippen molar-refractivity contribution in [1.29, 1.82) is 0 Å². The first-order valence-corrected chi connectivity index (χ1v) is 12.3. The first-order valence-electron chi connectivity index (χ1n) is 11.9. The lowest BCUT2D eigenvalue weighted by molar-refractivity contribution is -0.198. The molecule has 4 N–H and O–H groups in total. The molecular formula is C28H26ClNO7. The molecule has 0 fully saturated rings. The highest BCUT2D eigenvalue weighted by atomic mass is 35.5. The Morgan fingerprint density at radius 1 is 0.757 bits per heavy atom. The smallest absolute Gasteiger partial charge is 0.311 e. The Morgan fingerprint density at radius 2 is 1.19 bits per heavy atom. The number of aliphatic hydroxyl groups excluding tert-OH is 2. The normalized spacial score (nSPS) is 25.3. The van der Waals surface area contributed by atoms with Crippen molar-refractivity contribution >= 4 is 29.2 Å². The SMILES string of the molecule is O=C(O)C1C(C(=O)Nc2ccc(Cl)cc2)C2(OCCO)c3ccccc3C1(OCCO)c1ccccc12. The third kappa shape index (κ3) is 3.75. The second-order valence-electron chi connectivity index (χ2n) is 9.00. The number of halogens is 1. The van der Waals surface area contributed by atoms with E-state index in [0.29, 0.717) is 33.0 Å². The van der Waals surface area contributed by atoms with Gasteiger partial charge < -0.3 is 30.1 Å². The van der Waals surface area contributed by atoms with E-state index in [4.69, 9.17) is 21.1 Å². The van der Waals surface area contributed by atoms with Crippen molar-refractivity contribution in [2.75, 3.05) is 31.7 Å². The Labute approximate surface area is 218 Å². The zero-order valence-corrected chi connectivity index (χ0v) is 20.5. The molecule has 9 heteroatoms. The largest absolute Gasteiger partial charge is 0.481 e. The summed E-state index contributed by atoms with van der Waals surface area (Å²) in [6.45, 7) is -0.958. The molecule has 1 amide bonds. The number of anilines is 1. The number of carboxylic acids is 1. The van der Waals surface area contributed by atoms with Gasteiger partial charge in [-0.3, -0.25) is 9.59 Å². The van der Waals surface area contributed by atoms with Crippen molar-refractivity contribution in [2.24, 2.45) is 11.8 Å². The van der Waals surface area contributed by atoms with Gasteiger partial charge in [-0.15, -0.1) is 0 Å². The maximum Gasteiger partial charge on any atom is 0.311 e. The van der Waals surface area contributed by atoms with Gasteiger partial charge in [0, 0.05) is 10.7 Å². The minimum absolute atomic E-state index is 0.135. The average molecular weight is 524 g/mol. The van der Waals surface area contributed by atoms with E-state index in [9.17, 15) is 24.9 Å². The van der Waals surface area contributed by atoms with E-state index in [1.54, 1.807) is 72.8 Å². The number of amides is 1. The molecular weight excluding hydrogens is 498 g/mol. The number of hydrogen-bond donors (Lipinski definition) is 4. The number of aliphatic hydroxyl groups is 2. The molecule has 0 aliphatic heterocycles. The second-order valence-corrected chi connectivity index (χ2v) is 9.43. The van der Waals surface area contributed by atoms with Crippen molar-refractivity contribution in [3.05, 3.63) is 100 Å². The highest BCUT2D eigenvalue weighted by molar-refractivity contribution is 6.30. The summed E-state index contributed by atoms with van der Waals surface area (Å²) >= 11 is 6.00. The Kier molecular flexibility index (Phi) is 6.78. The number of rotatable bonds is 9. The molecule has 6 rings (SSSR count). The van der Waals surface area contributed by atoms with Gasteiger partial charge in [-0.2, -0.15) is 0 Å². The highest BCUT2D eigenvalue weighted by Crippen LogP contribution is 2.65. The van der Waals surface area contributed by atoms with Crippen LogP contribution in [-0.4, -0.2) is 53.6 Å². The summed E-state index contributed by atoms with van der Waals surface area (Å²) in [4.78, 5) is 27.2. The molecule has 37 heavy (non-hydrogen) atoms. The fourth-order valence-corrected chi connectivity index (χ4v) is 6.13. The average Bonchev–Trinajstić information content (AvgIpc) is 2.92. The van der Waals surface area contributed by atoms with Gasteiger partial charge in [0.15, 0.2) is 0 Å². The van der Waals surface area contributed by atoms with Crippen LogP contribution in [0.25, 0.3) is 0 Å². The molecule has 3 aliphatic carbocycles. The quantitative estimate of drug-likeness (QED) is 0.339. The Morgan fingerprint density at radius 3 is 1.59 bits per heavy atom. The first-order chi connectivity index (χ1) is 17.9. The number of ether oxygens (including phenoxy) is 2. The van der Waals surface area contributed by atoms with Gasteiger partial charge in [0.25, 0.3) is 0 Å². The van der Waals surface area contributed by atoms with Crippen LogP contribution in [0.2, 0.25) is 5.02 Å². The van der Waals surface area contributed by atoms with Gasteiger partial charge in [0.2, 0.25) is 5.91 Å². The van der Waals surface area contributed by atoms with Crippen LogP contribution >= 0.6 is 11.6 Å². The van der Waals surface area contributed by atoms with Crippen LogP contribution in [0, 0.1) is 11.8 Å². The van der Waals surface area contributed by atoms with Crippen molar-refractivity contribution in [3.8, 4) is 0 Å². The van der Waals surface area contributed by atoms with Crippen molar-refractivity contribution in [2.45, 2.75) is 11.2 Å². The van der Waals surface area contributed by atoms with Gasteiger partial charge in [-0.25, -0.2) is 0 Å². The number of hydrogen-bond acceptors (Lipinski definition) is 6. The van der Waals surface area contributed by atoms with Crippen molar-refractivity contribution in [3.63, 3.8) is 0 Å². The van der Waals surface area contributed by atoms with E-state index in [0.717, 1.165) is 0 Å². The summed E-state index contributed by atoms with van der Waals surface area (Å²) < 4.78 is 12.7. The molecule has 8 nitrogen and oxygen atoms in total. The van der Waals surface area contributed by atoms with Crippen molar-refractivity contribution in [1.82, 2.24) is 0 Å². The molecule has 2 atom stereocenters. The monoisotopic (exact) mass is 523 g/mol. The zero-order chi connectivity index (χ0) is 26.2. The standard InChI is InChI=1S/C28H26ClNO7/c29-17-9-11-18(12-10-17)30-25(33)23-24(26(34)35)28(37-16-14-32)21-7-3-1-5-19(21)27(23,36-15-13-31)20-6-2-4-8-22(20)28/h1-12,23-24,31-32H,13-16H2,(H,30,33)(H,34,35). The van der Waals surface area contributed by atoms with Crippen LogP contribution < -0.4 is 5.32 Å². The molecule has 0 aromatic heterocycles. The molecule has 2 unspecified atom stereocenters. The lowest BCUT2D eigenvalue weighted by Gasteiger charge is -2.60. The van der Waals surface area contributed by atoms with Crippen LogP contribution in [0.15, 0.2) is 72.8 Å². The number of aliphatic carboxylic acids is 1. The predicted octanol–water partition coefficient (Wildman–Crippen LogP) is 3.13. The Bertz CT molecular complexity index is 1280. The molecule has 192 valence electrons. The van der Waals surface area contributed by atoms with E-state index in [1.807, 2.05) is 0 Å². The number of nitrogens with one attached hydrogen (secondary N) is 1.